The van der Waals surface area contributed by atoms with Gasteiger partial charge in [0.1, 0.15) is 30.7 Å². The first kappa shape index (κ1) is 26.0. The quantitative estimate of drug-likeness (QED) is 0.429. The highest BCUT2D eigenvalue weighted by Gasteiger charge is 2.27. The monoisotopic (exact) mass is 490 g/mol. The van der Waals surface area contributed by atoms with Crippen molar-refractivity contribution in [3.63, 3.8) is 0 Å². The van der Waals surface area contributed by atoms with Crippen molar-refractivity contribution in [3.05, 3.63) is 57.6 Å². The Morgan fingerprint density at radius 1 is 0.935 bits per heavy atom. The maximum atomic E-state index is 10.0. The first-order chi connectivity index (χ1) is 14.5. The fourth-order valence-electron chi connectivity index (χ4n) is 2.89. The van der Waals surface area contributed by atoms with Gasteiger partial charge < -0.3 is 24.4 Å². The summed E-state index contributed by atoms with van der Waals surface area (Å²) < 4.78 is 16.1. The average molecular weight is 492 g/mol. The van der Waals surface area contributed by atoms with Gasteiger partial charge in [0, 0.05) is 12.5 Å². The lowest BCUT2D eigenvalue weighted by Crippen LogP contribution is -2.34. The number of benzene rings is 2. The predicted molar refractivity (Wildman–Crippen MR) is 125 cm³/mol. The maximum absolute atomic E-state index is 10.0. The zero-order chi connectivity index (χ0) is 23.2. The summed E-state index contributed by atoms with van der Waals surface area (Å²) in [4.78, 5) is 0. The summed E-state index contributed by atoms with van der Waals surface area (Å²) in [7, 11) is 1.53. The van der Waals surface area contributed by atoms with E-state index < -0.39 is 17.1 Å². The fourth-order valence-corrected chi connectivity index (χ4v) is 3.57. The Kier molecular flexibility index (Phi) is 9.31. The summed E-state index contributed by atoms with van der Waals surface area (Å²) in [5.41, 5.74) is 0.350. The van der Waals surface area contributed by atoms with E-state index in [4.69, 9.17) is 49.0 Å². The van der Waals surface area contributed by atoms with Gasteiger partial charge in [-0.3, -0.25) is 0 Å². The van der Waals surface area contributed by atoms with Gasteiger partial charge in [0.25, 0.3) is 0 Å². The first-order valence-corrected chi connectivity index (χ1v) is 11.1. The van der Waals surface area contributed by atoms with Crippen molar-refractivity contribution in [2.24, 2.45) is 0 Å². The predicted octanol–water partition coefficient (Wildman–Crippen LogP) is 5.07. The van der Waals surface area contributed by atoms with E-state index in [-0.39, 0.29) is 25.7 Å². The Morgan fingerprint density at radius 2 is 1.52 bits per heavy atom. The van der Waals surface area contributed by atoms with Gasteiger partial charge in [0.2, 0.25) is 0 Å². The van der Waals surface area contributed by atoms with Crippen molar-refractivity contribution >= 4 is 34.8 Å². The van der Waals surface area contributed by atoms with E-state index in [2.05, 4.69) is 13.8 Å². The van der Waals surface area contributed by atoms with Crippen molar-refractivity contribution < 1.29 is 24.4 Å². The highest BCUT2D eigenvalue weighted by atomic mass is 35.5. The standard InChI is InChI=1S/C23H29Cl3O5/c1-22(2,15-5-7-18(8-6-15)30-12-17(27)11-29-4)16-9-19(25)21(20(26)10-16)31-14-23(3,28)13-24/h5-10,17,27-28H,11-14H2,1-4H3/t17-,23-/m1/s1. The molecule has 0 unspecified atom stereocenters. The van der Waals surface area contributed by atoms with Crippen molar-refractivity contribution in [3.8, 4) is 11.5 Å². The van der Waals surface area contributed by atoms with E-state index in [0.717, 1.165) is 11.1 Å². The molecule has 0 bridgehead atoms. The van der Waals surface area contributed by atoms with Crippen molar-refractivity contribution in [2.45, 2.75) is 37.9 Å². The molecule has 0 radical (unpaired) electrons. The van der Waals surface area contributed by atoms with E-state index in [0.29, 0.717) is 21.5 Å². The molecular formula is C23H29Cl3O5. The lowest BCUT2D eigenvalue weighted by atomic mass is 9.78. The van der Waals surface area contributed by atoms with Crippen LogP contribution in [0.2, 0.25) is 10.0 Å². The molecule has 0 aromatic heterocycles. The second-order valence-electron chi connectivity index (χ2n) is 8.26. The van der Waals surface area contributed by atoms with E-state index in [1.54, 1.807) is 6.92 Å². The lowest BCUT2D eigenvalue weighted by molar-refractivity contribution is 0.0317. The molecule has 2 aromatic carbocycles. The zero-order valence-electron chi connectivity index (χ0n) is 18.1. The molecule has 0 aliphatic heterocycles. The molecule has 0 saturated heterocycles. The van der Waals surface area contributed by atoms with Crippen LogP contribution in [0.5, 0.6) is 11.5 Å². The minimum absolute atomic E-state index is 0.0262. The number of hydrogen-bond donors (Lipinski definition) is 2. The van der Waals surface area contributed by atoms with Crippen LogP contribution in [0.3, 0.4) is 0 Å². The Morgan fingerprint density at radius 3 is 2.03 bits per heavy atom. The number of hydrogen-bond acceptors (Lipinski definition) is 5. The van der Waals surface area contributed by atoms with Crippen LogP contribution in [0.15, 0.2) is 36.4 Å². The molecule has 5 nitrogen and oxygen atoms in total. The summed E-state index contributed by atoms with van der Waals surface area (Å²) in [6.07, 6.45) is -0.681. The summed E-state index contributed by atoms with van der Waals surface area (Å²) in [5.74, 6) is 0.991. The number of methoxy groups -OCH3 is 1. The first-order valence-electron chi connectivity index (χ1n) is 9.81. The highest BCUT2D eigenvalue weighted by molar-refractivity contribution is 6.37. The Balaban J connectivity index is 2.17. The third kappa shape index (κ3) is 7.14. The van der Waals surface area contributed by atoms with Gasteiger partial charge in [-0.15, -0.1) is 11.6 Å². The van der Waals surface area contributed by atoms with Crippen LogP contribution in [-0.4, -0.2) is 54.7 Å². The molecule has 31 heavy (non-hydrogen) atoms. The zero-order valence-corrected chi connectivity index (χ0v) is 20.4. The van der Waals surface area contributed by atoms with E-state index >= 15 is 0 Å². The summed E-state index contributed by atoms with van der Waals surface area (Å²) >= 11 is 18.6. The highest BCUT2D eigenvalue weighted by Crippen LogP contribution is 2.41. The maximum Gasteiger partial charge on any atom is 0.156 e. The topological polar surface area (TPSA) is 68.2 Å². The molecule has 0 spiro atoms. The minimum atomic E-state index is -1.18. The van der Waals surface area contributed by atoms with E-state index in [9.17, 15) is 10.2 Å². The summed E-state index contributed by atoms with van der Waals surface area (Å²) in [5, 5.41) is 20.5. The number of halogens is 3. The van der Waals surface area contributed by atoms with Gasteiger partial charge in [-0.25, -0.2) is 0 Å². The van der Waals surface area contributed by atoms with Gasteiger partial charge in [-0.2, -0.15) is 0 Å². The molecule has 2 aromatic rings. The van der Waals surface area contributed by atoms with Crippen LogP contribution in [0.1, 0.15) is 31.9 Å². The van der Waals surface area contributed by atoms with Crippen molar-refractivity contribution in [1.29, 1.82) is 0 Å². The second kappa shape index (κ2) is 11.1. The molecule has 2 N–H and O–H groups in total. The van der Waals surface area contributed by atoms with Crippen LogP contribution in [0, 0.1) is 0 Å². The third-order valence-corrected chi connectivity index (χ3v) is 6.05. The molecule has 2 rings (SSSR count). The van der Waals surface area contributed by atoms with E-state index in [1.165, 1.54) is 7.11 Å². The molecular weight excluding hydrogens is 463 g/mol. The molecule has 0 heterocycles. The Bertz CT molecular complexity index is 830. The smallest absolute Gasteiger partial charge is 0.156 e. The number of alkyl halides is 1. The lowest BCUT2D eigenvalue weighted by Gasteiger charge is -2.28. The molecule has 0 amide bonds. The molecule has 2 atom stereocenters. The van der Waals surface area contributed by atoms with Crippen LogP contribution in [-0.2, 0) is 10.2 Å². The van der Waals surface area contributed by atoms with Crippen molar-refractivity contribution in [1.82, 2.24) is 0 Å². The molecule has 0 aliphatic carbocycles. The van der Waals surface area contributed by atoms with Gasteiger partial charge in [0.15, 0.2) is 5.75 Å². The van der Waals surface area contributed by atoms with Crippen LogP contribution in [0.25, 0.3) is 0 Å². The Labute approximate surface area is 198 Å². The molecule has 0 saturated carbocycles. The fraction of sp³-hybridized carbons (Fsp3) is 0.478. The molecule has 0 fully saturated rings. The number of ether oxygens (including phenoxy) is 3. The second-order valence-corrected chi connectivity index (χ2v) is 9.34. The van der Waals surface area contributed by atoms with Crippen LogP contribution in [0.4, 0.5) is 0 Å². The molecule has 172 valence electrons. The SMILES string of the molecule is COC[C@@H](O)COc1ccc(C(C)(C)c2cc(Cl)c(OC[C@](C)(O)CCl)c(Cl)c2)cc1. The van der Waals surface area contributed by atoms with Crippen LogP contribution >= 0.6 is 34.8 Å². The third-order valence-electron chi connectivity index (χ3n) is 4.91. The number of aliphatic hydroxyl groups is 2. The van der Waals surface area contributed by atoms with Crippen LogP contribution < -0.4 is 9.47 Å². The van der Waals surface area contributed by atoms with E-state index in [1.807, 2.05) is 36.4 Å². The number of aliphatic hydroxyl groups excluding tert-OH is 1. The largest absolute Gasteiger partial charge is 0.491 e. The van der Waals surface area contributed by atoms with Gasteiger partial charge in [-0.05, 0) is 42.3 Å². The summed E-state index contributed by atoms with van der Waals surface area (Å²) in [6.45, 7) is 6.04. The average Bonchev–Trinajstić information content (AvgIpc) is 2.72. The summed E-state index contributed by atoms with van der Waals surface area (Å²) in [6, 6.07) is 11.2. The van der Waals surface area contributed by atoms with Crippen molar-refractivity contribution in [2.75, 3.05) is 32.8 Å². The molecule has 8 heteroatoms. The Hall–Kier alpha value is -1.21. The van der Waals surface area contributed by atoms with Gasteiger partial charge in [0.05, 0.1) is 22.5 Å². The normalized spacial score (nSPS) is 14.7. The van der Waals surface area contributed by atoms with Gasteiger partial charge >= 0.3 is 0 Å². The minimum Gasteiger partial charge on any atom is -0.491 e. The number of rotatable bonds is 11. The molecule has 0 aliphatic rings. The van der Waals surface area contributed by atoms with Gasteiger partial charge in [-0.1, -0.05) is 49.2 Å².